The summed E-state index contributed by atoms with van der Waals surface area (Å²) in [4.78, 5) is 0. The number of halogens is 1. The molecular weight excluding hydrogens is 242 g/mol. The molecule has 1 aliphatic carbocycles. The molecule has 0 heterocycles. The molecule has 2 rings (SSSR count). The van der Waals surface area contributed by atoms with Crippen LogP contribution in [0.5, 0.6) is 5.75 Å². The van der Waals surface area contributed by atoms with E-state index >= 15 is 0 Å². The zero-order valence-corrected chi connectivity index (χ0v) is 9.53. The molecule has 1 aromatic carbocycles. The summed E-state index contributed by atoms with van der Waals surface area (Å²) < 4.78 is 6.72. The standard InChI is InChI=1S/C11H14BrNO/c12-9-1-3-11(4-2-9)14-7-8-5-10(13)6-8/h1-4,8,10H,5-7,13H2. The predicted octanol–water partition coefficient (Wildman–Crippen LogP) is 2.57. The second-order valence-electron chi connectivity index (χ2n) is 3.86. The van der Waals surface area contributed by atoms with Gasteiger partial charge in [0.1, 0.15) is 5.75 Å². The molecule has 3 heteroatoms. The molecule has 2 nitrogen and oxygen atoms in total. The molecule has 14 heavy (non-hydrogen) atoms. The monoisotopic (exact) mass is 255 g/mol. The minimum atomic E-state index is 0.411. The van der Waals surface area contributed by atoms with E-state index < -0.39 is 0 Å². The first-order valence-corrected chi connectivity index (χ1v) is 5.67. The average Bonchev–Trinajstić information content (AvgIpc) is 2.13. The third kappa shape index (κ3) is 2.49. The van der Waals surface area contributed by atoms with E-state index in [1.54, 1.807) is 0 Å². The highest BCUT2D eigenvalue weighted by Crippen LogP contribution is 2.26. The van der Waals surface area contributed by atoms with Gasteiger partial charge in [-0.1, -0.05) is 15.9 Å². The SMILES string of the molecule is NC1CC(COc2ccc(Br)cc2)C1. The molecule has 2 N–H and O–H groups in total. The Balaban J connectivity index is 1.78. The van der Waals surface area contributed by atoms with Crippen molar-refractivity contribution in [1.29, 1.82) is 0 Å². The maximum absolute atomic E-state index is 5.70. The van der Waals surface area contributed by atoms with Crippen LogP contribution in [-0.4, -0.2) is 12.6 Å². The molecule has 0 atom stereocenters. The van der Waals surface area contributed by atoms with E-state index in [2.05, 4.69) is 15.9 Å². The number of nitrogens with two attached hydrogens (primary N) is 1. The number of rotatable bonds is 3. The zero-order valence-electron chi connectivity index (χ0n) is 7.95. The highest BCUT2D eigenvalue weighted by molar-refractivity contribution is 9.10. The summed E-state index contributed by atoms with van der Waals surface area (Å²) in [5.74, 6) is 1.60. The molecule has 76 valence electrons. The summed E-state index contributed by atoms with van der Waals surface area (Å²) in [5.41, 5.74) is 5.70. The van der Waals surface area contributed by atoms with Gasteiger partial charge in [-0.15, -0.1) is 0 Å². The lowest BCUT2D eigenvalue weighted by atomic mass is 9.82. The fraction of sp³-hybridized carbons (Fsp3) is 0.455. The molecule has 1 fully saturated rings. The van der Waals surface area contributed by atoms with Crippen LogP contribution >= 0.6 is 15.9 Å². The van der Waals surface area contributed by atoms with Crippen molar-refractivity contribution in [2.75, 3.05) is 6.61 Å². The lowest BCUT2D eigenvalue weighted by Crippen LogP contribution is -2.39. The quantitative estimate of drug-likeness (QED) is 0.902. The summed E-state index contributed by atoms with van der Waals surface area (Å²) in [6.45, 7) is 0.801. The predicted molar refractivity (Wildman–Crippen MR) is 60.3 cm³/mol. The fourth-order valence-electron chi connectivity index (χ4n) is 1.67. The van der Waals surface area contributed by atoms with Crippen molar-refractivity contribution in [2.24, 2.45) is 11.7 Å². The number of benzene rings is 1. The summed E-state index contributed by atoms with van der Waals surface area (Å²) in [6, 6.07) is 8.34. The Hall–Kier alpha value is -0.540. The Morgan fingerprint density at radius 3 is 2.50 bits per heavy atom. The topological polar surface area (TPSA) is 35.2 Å². The van der Waals surface area contributed by atoms with Crippen LogP contribution in [0.1, 0.15) is 12.8 Å². The van der Waals surface area contributed by atoms with Gasteiger partial charge in [0.15, 0.2) is 0 Å². The van der Waals surface area contributed by atoms with Crippen LogP contribution in [0.25, 0.3) is 0 Å². The number of hydrogen-bond donors (Lipinski definition) is 1. The molecule has 0 amide bonds. The van der Waals surface area contributed by atoms with Crippen LogP contribution in [-0.2, 0) is 0 Å². The summed E-state index contributed by atoms with van der Waals surface area (Å²) in [5, 5.41) is 0. The van der Waals surface area contributed by atoms with Gasteiger partial charge in [-0.3, -0.25) is 0 Å². The van der Waals surface area contributed by atoms with Crippen LogP contribution in [0.2, 0.25) is 0 Å². The van der Waals surface area contributed by atoms with Crippen molar-refractivity contribution < 1.29 is 4.74 Å². The van der Waals surface area contributed by atoms with E-state index in [-0.39, 0.29) is 0 Å². The summed E-state index contributed by atoms with van der Waals surface area (Å²) in [7, 11) is 0. The first-order chi connectivity index (χ1) is 6.74. The number of hydrogen-bond acceptors (Lipinski definition) is 2. The first kappa shape index (κ1) is 9.99. The molecule has 0 radical (unpaired) electrons. The molecule has 1 saturated carbocycles. The molecule has 0 aromatic heterocycles. The van der Waals surface area contributed by atoms with Crippen molar-refractivity contribution in [3.63, 3.8) is 0 Å². The van der Waals surface area contributed by atoms with Crippen LogP contribution in [0, 0.1) is 5.92 Å². The van der Waals surface area contributed by atoms with E-state index in [1.165, 1.54) is 0 Å². The second kappa shape index (κ2) is 4.32. The molecule has 0 saturated heterocycles. The van der Waals surface area contributed by atoms with E-state index in [0.717, 1.165) is 29.7 Å². The Morgan fingerprint density at radius 1 is 1.29 bits per heavy atom. The van der Waals surface area contributed by atoms with Gasteiger partial charge < -0.3 is 10.5 Å². The van der Waals surface area contributed by atoms with E-state index in [1.807, 2.05) is 24.3 Å². The van der Waals surface area contributed by atoms with Gasteiger partial charge in [0.2, 0.25) is 0 Å². The van der Waals surface area contributed by atoms with Crippen LogP contribution < -0.4 is 10.5 Å². The summed E-state index contributed by atoms with van der Waals surface area (Å²) >= 11 is 3.39. The first-order valence-electron chi connectivity index (χ1n) is 4.88. The van der Waals surface area contributed by atoms with E-state index in [9.17, 15) is 0 Å². The van der Waals surface area contributed by atoms with E-state index in [0.29, 0.717) is 12.0 Å². The highest BCUT2D eigenvalue weighted by atomic mass is 79.9. The van der Waals surface area contributed by atoms with Gasteiger partial charge >= 0.3 is 0 Å². The van der Waals surface area contributed by atoms with Crippen LogP contribution in [0.15, 0.2) is 28.7 Å². The zero-order chi connectivity index (χ0) is 9.97. The van der Waals surface area contributed by atoms with Gasteiger partial charge in [0.05, 0.1) is 6.61 Å². The largest absolute Gasteiger partial charge is 0.493 e. The van der Waals surface area contributed by atoms with Crippen molar-refractivity contribution in [2.45, 2.75) is 18.9 Å². The third-order valence-electron chi connectivity index (χ3n) is 2.57. The molecule has 0 spiro atoms. The molecule has 1 aliphatic rings. The molecule has 0 bridgehead atoms. The van der Waals surface area contributed by atoms with Crippen molar-refractivity contribution in [1.82, 2.24) is 0 Å². The van der Waals surface area contributed by atoms with Gasteiger partial charge in [0.25, 0.3) is 0 Å². The van der Waals surface area contributed by atoms with Crippen molar-refractivity contribution in [3.8, 4) is 5.75 Å². The smallest absolute Gasteiger partial charge is 0.119 e. The second-order valence-corrected chi connectivity index (χ2v) is 4.78. The van der Waals surface area contributed by atoms with E-state index in [4.69, 9.17) is 10.5 Å². The Bertz CT molecular complexity index is 293. The highest BCUT2D eigenvalue weighted by Gasteiger charge is 2.26. The van der Waals surface area contributed by atoms with Crippen LogP contribution in [0.4, 0.5) is 0 Å². The average molecular weight is 256 g/mol. The minimum absolute atomic E-state index is 0.411. The minimum Gasteiger partial charge on any atom is -0.493 e. The maximum Gasteiger partial charge on any atom is 0.119 e. The fourth-order valence-corrected chi connectivity index (χ4v) is 1.93. The summed E-state index contributed by atoms with van der Waals surface area (Å²) in [6.07, 6.45) is 2.22. The lowest BCUT2D eigenvalue weighted by molar-refractivity contribution is 0.160. The molecule has 0 aliphatic heterocycles. The molecule has 0 unspecified atom stereocenters. The van der Waals surface area contributed by atoms with Crippen molar-refractivity contribution >= 4 is 15.9 Å². The van der Waals surface area contributed by atoms with Gasteiger partial charge in [0, 0.05) is 10.5 Å². The third-order valence-corrected chi connectivity index (χ3v) is 3.10. The van der Waals surface area contributed by atoms with Crippen molar-refractivity contribution in [3.05, 3.63) is 28.7 Å². The Labute approximate surface area is 92.6 Å². The van der Waals surface area contributed by atoms with Gasteiger partial charge in [-0.25, -0.2) is 0 Å². The maximum atomic E-state index is 5.70. The lowest BCUT2D eigenvalue weighted by Gasteiger charge is -2.32. The van der Waals surface area contributed by atoms with Crippen LogP contribution in [0.3, 0.4) is 0 Å². The Kier molecular flexibility index (Phi) is 3.08. The normalized spacial score (nSPS) is 25.6. The van der Waals surface area contributed by atoms with Gasteiger partial charge in [-0.2, -0.15) is 0 Å². The number of ether oxygens (including phenoxy) is 1. The van der Waals surface area contributed by atoms with Gasteiger partial charge in [-0.05, 0) is 43.0 Å². The Morgan fingerprint density at radius 2 is 1.93 bits per heavy atom. The molecule has 1 aromatic rings. The molecular formula is C11H14BrNO.